The van der Waals surface area contributed by atoms with Gasteiger partial charge < -0.3 is 0 Å². The first-order chi connectivity index (χ1) is 3.77. The minimum Gasteiger partial charge on any atom is -0.289 e. The molecule has 0 fully saturated rings. The Hall–Kier alpha value is -0.990. The molecule has 0 aromatic rings. The number of hydrogen-bond donors (Lipinski definition) is 1. The van der Waals surface area contributed by atoms with Crippen molar-refractivity contribution in [3.05, 3.63) is 0 Å². The van der Waals surface area contributed by atoms with E-state index in [0.29, 0.717) is 0 Å². The molecule has 0 aromatic heterocycles. The van der Waals surface area contributed by atoms with Crippen molar-refractivity contribution in [3.8, 4) is 0 Å². The quantitative estimate of drug-likeness (QED) is 0.410. The average molecular weight is 111 g/mol. The summed E-state index contributed by atoms with van der Waals surface area (Å²) in [7, 11) is 0. The summed E-state index contributed by atoms with van der Waals surface area (Å²) >= 11 is 0. The second-order valence-corrected chi connectivity index (χ2v) is 1.47. The maximum absolute atomic E-state index is 6.45. The summed E-state index contributed by atoms with van der Waals surface area (Å²) in [6.45, 7) is 3.74. The van der Waals surface area contributed by atoms with E-state index in [9.17, 15) is 0 Å². The van der Waals surface area contributed by atoms with Crippen LogP contribution in [0.4, 0.5) is 0 Å². The molecule has 0 atom stereocenters. The third-order valence-corrected chi connectivity index (χ3v) is 0.457. The van der Waals surface area contributed by atoms with Crippen LogP contribution in [-0.4, -0.2) is 18.4 Å². The van der Waals surface area contributed by atoms with Gasteiger partial charge in [0.25, 0.3) is 0 Å². The van der Waals surface area contributed by atoms with Gasteiger partial charge in [-0.05, 0) is 13.8 Å². The van der Waals surface area contributed by atoms with Gasteiger partial charge in [0, 0.05) is 5.71 Å². The van der Waals surface area contributed by atoms with Crippen LogP contribution in [-0.2, 0) is 0 Å². The Morgan fingerprint density at radius 2 is 2.12 bits per heavy atom. The Kier molecular flexibility index (Phi) is 3.66. The summed E-state index contributed by atoms with van der Waals surface area (Å²) in [5.74, 6) is 0. The molecule has 0 aliphatic carbocycles. The van der Waals surface area contributed by atoms with Gasteiger partial charge in [0.1, 0.15) is 12.7 Å². The van der Waals surface area contributed by atoms with Crippen LogP contribution in [0.15, 0.2) is 9.98 Å². The lowest BCUT2D eigenvalue weighted by Gasteiger charge is -1.77. The molecule has 1 N–H and O–H groups in total. The van der Waals surface area contributed by atoms with Crippen molar-refractivity contribution in [2.45, 2.75) is 13.8 Å². The van der Waals surface area contributed by atoms with Crippen LogP contribution in [0, 0.1) is 5.41 Å². The van der Waals surface area contributed by atoms with Gasteiger partial charge in [-0.2, -0.15) is 0 Å². The van der Waals surface area contributed by atoms with Crippen LogP contribution in [0.1, 0.15) is 13.8 Å². The zero-order valence-corrected chi connectivity index (χ0v) is 5.05. The van der Waals surface area contributed by atoms with Crippen molar-refractivity contribution in [3.63, 3.8) is 0 Å². The fourth-order valence-electron chi connectivity index (χ4n) is 0.182. The van der Waals surface area contributed by atoms with Crippen molar-refractivity contribution < 1.29 is 0 Å². The summed E-state index contributed by atoms with van der Waals surface area (Å²) in [6.07, 6.45) is 2.30. The highest BCUT2D eigenvalue weighted by Gasteiger charge is 1.68. The highest BCUT2D eigenvalue weighted by Crippen LogP contribution is 1.68. The van der Waals surface area contributed by atoms with Crippen molar-refractivity contribution >= 4 is 18.4 Å². The SMILES string of the molecule is CC(C)=NC=NC=N. The number of nitrogens with zero attached hydrogens (tertiary/aromatic N) is 2. The van der Waals surface area contributed by atoms with Gasteiger partial charge >= 0.3 is 0 Å². The Morgan fingerprint density at radius 3 is 2.50 bits per heavy atom. The molecule has 0 heterocycles. The van der Waals surface area contributed by atoms with E-state index in [2.05, 4.69) is 9.98 Å². The molecule has 0 aliphatic rings. The smallest absolute Gasteiger partial charge is 0.117 e. The monoisotopic (exact) mass is 111 g/mol. The molecule has 0 aliphatic heterocycles. The fraction of sp³-hybridized carbons (Fsp3) is 0.400. The zero-order valence-electron chi connectivity index (χ0n) is 5.05. The largest absolute Gasteiger partial charge is 0.289 e. The lowest BCUT2D eigenvalue weighted by molar-refractivity contribution is 1.50. The molecule has 0 bridgehead atoms. The average Bonchev–Trinajstić information content (AvgIpc) is 1.66. The van der Waals surface area contributed by atoms with E-state index in [1.165, 1.54) is 6.34 Å². The third-order valence-electron chi connectivity index (χ3n) is 0.457. The van der Waals surface area contributed by atoms with Crippen LogP contribution < -0.4 is 0 Å². The molecular weight excluding hydrogens is 102 g/mol. The first-order valence-electron chi connectivity index (χ1n) is 2.29. The molecule has 3 heteroatoms. The topological polar surface area (TPSA) is 48.6 Å². The standard InChI is InChI=1S/C5H9N3/c1-5(2)8-4-7-3-6/h3-4,6H,1-2H3. The van der Waals surface area contributed by atoms with E-state index in [4.69, 9.17) is 5.41 Å². The number of aliphatic imine (C=N–C) groups is 2. The van der Waals surface area contributed by atoms with Gasteiger partial charge in [-0.15, -0.1) is 0 Å². The van der Waals surface area contributed by atoms with E-state index in [1.807, 2.05) is 13.8 Å². The van der Waals surface area contributed by atoms with Crippen LogP contribution in [0.2, 0.25) is 0 Å². The lowest BCUT2D eigenvalue weighted by Crippen LogP contribution is -1.79. The lowest BCUT2D eigenvalue weighted by atomic mass is 10.5. The van der Waals surface area contributed by atoms with Gasteiger partial charge in [0.15, 0.2) is 0 Å². The highest BCUT2D eigenvalue weighted by atomic mass is 14.9. The Balaban J connectivity index is 3.57. The third kappa shape index (κ3) is 5.01. The second-order valence-electron chi connectivity index (χ2n) is 1.47. The Morgan fingerprint density at radius 1 is 1.50 bits per heavy atom. The molecular formula is C5H9N3. The van der Waals surface area contributed by atoms with Crippen molar-refractivity contribution in [1.29, 1.82) is 5.41 Å². The van der Waals surface area contributed by atoms with Crippen LogP contribution in [0.5, 0.6) is 0 Å². The van der Waals surface area contributed by atoms with E-state index in [-0.39, 0.29) is 0 Å². The van der Waals surface area contributed by atoms with Gasteiger partial charge in [0.05, 0.1) is 0 Å². The van der Waals surface area contributed by atoms with E-state index >= 15 is 0 Å². The first-order valence-corrected chi connectivity index (χ1v) is 2.29. The van der Waals surface area contributed by atoms with E-state index in [0.717, 1.165) is 12.1 Å². The van der Waals surface area contributed by atoms with Crippen molar-refractivity contribution in [1.82, 2.24) is 0 Å². The Labute approximate surface area is 48.7 Å². The van der Waals surface area contributed by atoms with Crippen LogP contribution in [0.25, 0.3) is 0 Å². The predicted molar refractivity (Wildman–Crippen MR) is 36.1 cm³/mol. The molecule has 0 saturated heterocycles. The minimum atomic E-state index is 0.940. The highest BCUT2D eigenvalue weighted by molar-refractivity contribution is 5.87. The van der Waals surface area contributed by atoms with Crippen molar-refractivity contribution in [2.75, 3.05) is 0 Å². The van der Waals surface area contributed by atoms with Crippen molar-refractivity contribution in [2.24, 2.45) is 9.98 Å². The molecule has 0 rings (SSSR count). The fourth-order valence-corrected chi connectivity index (χ4v) is 0.182. The normalized spacial score (nSPS) is 9.25. The first kappa shape index (κ1) is 7.01. The summed E-state index contributed by atoms with van der Waals surface area (Å²) in [5.41, 5.74) is 0.940. The molecule has 0 radical (unpaired) electrons. The molecule has 8 heavy (non-hydrogen) atoms. The summed E-state index contributed by atoms with van der Waals surface area (Å²) in [4.78, 5) is 7.23. The Bertz CT molecular complexity index is 120. The van der Waals surface area contributed by atoms with Gasteiger partial charge in [-0.3, -0.25) is 5.41 Å². The molecule has 0 unspecified atom stereocenters. The van der Waals surface area contributed by atoms with Crippen LogP contribution in [0.3, 0.4) is 0 Å². The summed E-state index contributed by atoms with van der Waals surface area (Å²) < 4.78 is 0. The molecule has 0 saturated carbocycles. The molecule has 44 valence electrons. The summed E-state index contributed by atoms with van der Waals surface area (Å²) in [6, 6.07) is 0. The van der Waals surface area contributed by atoms with Gasteiger partial charge in [-0.1, -0.05) is 0 Å². The van der Waals surface area contributed by atoms with E-state index < -0.39 is 0 Å². The molecule has 0 amide bonds. The molecule has 0 aromatic carbocycles. The van der Waals surface area contributed by atoms with Crippen LogP contribution >= 0.6 is 0 Å². The zero-order chi connectivity index (χ0) is 6.41. The second kappa shape index (κ2) is 4.18. The molecule has 0 spiro atoms. The van der Waals surface area contributed by atoms with E-state index in [1.54, 1.807) is 0 Å². The van der Waals surface area contributed by atoms with Gasteiger partial charge in [-0.25, -0.2) is 9.98 Å². The number of hydrogen-bond acceptors (Lipinski definition) is 1. The number of nitrogens with one attached hydrogen (secondary N) is 1. The maximum Gasteiger partial charge on any atom is 0.117 e. The van der Waals surface area contributed by atoms with Gasteiger partial charge in [0.2, 0.25) is 0 Å². The minimum absolute atomic E-state index is 0.940. The number of rotatable bonds is 2. The summed E-state index contributed by atoms with van der Waals surface area (Å²) in [5, 5.41) is 6.45. The predicted octanol–water partition coefficient (Wildman–Crippen LogP) is 1.10. The maximum atomic E-state index is 6.45. The molecule has 3 nitrogen and oxygen atoms in total.